The third kappa shape index (κ3) is 3.58. The molecular formula is C14H18N4O. The van der Waals surface area contributed by atoms with E-state index in [4.69, 9.17) is 5.73 Å². The van der Waals surface area contributed by atoms with Gasteiger partial charge in [0.15, 0.2) is 0 Å². The molecule has 1 aromatic heterocycles. The zero-order valence-electron chi connectivity index (χ0n) is 11.1. The quantitative estimate of drug-likeness (QED) is 0.825. The van der Waals surface area contributed by atoms with Crippen LogP contribution in [0.25, 0.3) is 0 Å². The highest BCUT2D eigenvalue weighted by Gasteiger charge is 2.11. The molecule has 0 saturated carbocycles. The van der Waals surface area contributed by atoms with Crippen molar-refractivity contribution in [3.63, 3.8) is 0 Å². The van der Waals surface area contributed by atoms with Gasteiger partial charge in [-0.1, -0.05) is 19.1 Å². The third-order valence-corrected chi connectivity index (χ3v) is 2.99. The van der Waals surface area contributed by atoms with Crippen molar-refractivity contribution in [1.29, 1.82) is 0 Å². The second-order valence-electron chi connectivity index (χ2n) is 4.72. The van der Waals surface area contributed by atoms with Crippen LogP contribution in [0.3, 0.4) is 0 Å². The molecule has 1 atom stereocenters. The number of hydrogen-bond acceptors (Lipinski definition) is 3. The van der Waals surface area contributed by atoms with Crippen LogP contribution in [-0.2, 0) is 11.8 Å². The first-order chi connectivity index (χ1) is 9.04. The number of rotatable bonds is 4. The monoisotopic (exact) mass is 258 g/mol. The molecule has 19 heavy (non-hydrogen) atoms. The Morgan fingerprint density at radius 2 is 2.11 bits per heavy atom. The minimum atomic E-state index is -0.0164. The van der Waals surface area contributed by atoms with Gasteiger partial charge in [0, 0.05) is 25.4 Å². The van der Waals surface area contributed by atoms with Crippen LogP contribution in [0.15, 0.2) is 36.7 Å². The van der Waals surface area contributed by atoms with E-state index in [-0.39, 0.29) is 11.8 Å². The summed E-state index contributed by atoms with van der Waals surface area (Å²) >= 11 is 0. The molecule has 5 nitrogen and oxygen atoms in total. The number of nitrogens with one attached hydrogen (secondary N) is 1. The molecule has 0 aliphatic carbocycles. The van der Waals surface area contributed by atoms with Crippen LogP contribution in [0, 0.1) is 0 Å². The summed E-state index contributed by atoms with van der Waals surface area (Å²) in [6.07, 6.45) is 3.83. The Balaban J connectivity index is 1.93. The number of nitrogens with two attached hydrogens (primary N) is 1. The van der Waals surface area contributed by atoms with Crippen LogP contribution < -0.4 is 11.1 Å². The Labute approximate surface area is 112 Å². The maximum Gasteiger partial charge on any atom is 0.225 e. The SMILES string of the molecule is CC(CC(=O)Nc1cnn(C)c1)c1ccc(N)cc1. The first-order valence-corrected chi connectivity index (χ1v) is 6.18. The highest BCUT2D eigenvalue weighted by molar-refractivity contribution is 5.90. The molecule has 3 N–H and O–H groups in total. The van der Waals surface area contributed by atoms with E-state index >= 15 is 0 Å². The molecule has 2 rings (SSSR count). The fourth-order valence-electron chi connectivity index (χ4n) is 1.92. The van der Waals surface area contributed by atoms with Crippen LogP contribution >= 0.6 is 0 Å². The van der Waals surface area contributed by atoms with Crippen LogP contribution in [0.2, 0.25) is 0 Å². The summed E-state index contributed by atoms with van der Waals surface area (Å²) in [5, 5.41) is 6.83. The Kier molecular flexibility index (Phi) is 3.85. The zero-order valence-corrected chi connectivity index (χ0v) is 11.1. The average molecular weight is 258 g/mol. The summed E-state index contributed by atoms with van der Waals surface area (Å²) in [5.74, 6) is 0.134. The molecule has 0 fully saturated rings. The van der Waals surface area contributed by atoms with E-state index in [1.54, 1.807) is 17.1 Å². The summed E-state index contributed by atoms with van der Waals surface area (Å²) in [5.41, 5.74) is 8.20. The van der Waals surface area contributed by atoms with Crippen molar-refractivity contribution < 1.29 is 4.79 Å². The normalized spacial score (nSPS) is 12.1. The lowest BCUT2D eigenvalue weighted by molar-refractivity contribution is -0.116. The molecule has 2 aromatic rings. The number of anilines is 2. The minimum Gasteiger partial charge on any atom is -0.399 e. The number of nitrogen functional groups attached to an aromatic ring is 1. The lowest BCUT2D eigenvalue weighted by atomic mass is 9.97. The number of aryl methyl sites for hydroxylation is 1. The molecule has 0 saturated heterocycles. The van der Waals surface area contributed by atoms with Crippen molar-refractivity contribution in [2.75, 3.05) is 11.1 Å². The second kappa shape index (κ2) is 5.56. The van der Waals surface area contributed by atoms with Gasteiger partial charge in [-0.2, -0.15) is 5.10 Å². The highest BCUT2D eigenvalue weighted by atomic mass is 16.1. The van der Waals surface area contributed by atoms with Crippen molar-refractivity contribution >= 4 is 17.3 Å². The number of amides is 1. The summed E-state index contributed by atoms with van der Waals surface area (Å²) < 4.78 is 1.65. The largest absolute Gasteiger partial charge is 0.399 e. The molecule has 0 bridgehead atoms. The molecule has 1 heterocycles. The van der Waals surface area contributed by atoms with E-state index in [9.17, 15) is 4.79 Å². The van der Waals surface area contributed by atoms with Gasteiger partial charge >= 0.3 is 0 Å². The van der Waals surface area contributed by atoms with Gasteiger partial charge in [0.25, 0.3) is 0 Å². The smallest absolute Gasteiger partial charge is 0.225 e. The maximum atomic E-state index is 11.9. The van der Waals surface area contributed by atoms with Gasteiger partial charge in [-0.05, 0) is 23.6 Å². The molecule has 5 heteroatoms. The molecule has 0 spiro atoms. The maximum absolute atomic E-state index is 11.9. The minimum absolute atomic E-state index is 0.0164. The van der Waals surface area contributed by atoms with E-state index in [0.29, 0.717) is 6.42 Å². The van der Waals surface area contributed by atoms with Gasteiger partial charge in [0.1, 0.15) is 0 Å². The lowest BCUT2D eigenvalue weighted by Crippen LogP contribution is -2.14. The van der Waals surface area contributed by atoms with Gasteiger partial charge in [-0.15, -0.1) is 0 Å². The Bertz CT molecular complexity index is 559. The van der Waals surface area contributed by atoms with Gasteiger partial charge in [-0.3, -0.25) is 9.48 Å². The molecule has 100 valence electrons. The highest BCUT2D eigenvalue weighted by Crippen LogP contribution is 2.20. The fraction of sp³-hybridized carbons (Fsp3) is 0.286. The molecule has 0 aliphatic rings. The van der Waals surface area contributed by atoms with E-state index in [1.165, 1.54) is 0 Å². The second-order valence-corrected chi connectivity index (χ2v) is 4.72. The van der Waals surface area contributed by atoms with E-state index in [1.807, 2.05) is 38.2 Å². The van der Waals surface area contributed by atoms with Crippen LogP contribution in [-0.4, -0.2) is 15.7 Å². The van der Waals surface area contributed by atoms with Crippen molar-refractivity contribution in [1.82, 2.24) is 9.78 Å². The first kappa shape index (κ1) is 13.1. The number of nitrogens with zero attached hydrogens (tertiary/aromatic N) is 2. The lowest BCUT2D eigenvalue weighted by Gasteiger charge is -2.11. The zero-order chi connectivity index (χ0) is 13.8. The molecule has 0 radical (unpaired) electrons. The Morgan fingerprint density at radius 3 is 2.68 bits per heavy atom. The molecular weight excluding hydrogens is 240 g/mol. The Hall–Kier alpha value is -2.30. The summed E-state index contributed by atoms with van der Waals surface area (Å²) in [6.45, 7) is 2.02. The third-order valence-electron chi connectivity index (χ3n) is 2.99. The van der Waals surface area contributed by atoms with E-state index < -0.39 is 0 Å². The van der Waals surface area contributed by atoms with Crippen LogP contribution in [0.4, 0.5) is 11.4 Å². The fourth-order valence-corrected chi connectivity index (χ4v) is 1.92. The van der Waals surface area contributed by atoms with Gasteiger partial charge in [0.2, 0.25) is 5.91 Å². The summed E-state index contributed by atoms with van der Waals surface area (Å²) in [7, 11) is 1.81. The average Bonchev–Trinajstić information content (AvgIpc) is 2.75. The predicted octanol–water partition coefficient (Wildman–Crippen LogP) is 2.13. The van der Waals surface area contributed by atoms with E-state index in [0.717, 1.165) is 16.9 Å². The molecule has 0 aliphatic heterocycles. The number of aromatic nitrogens is 2. The van der Waals surface area contributed by atoms with Gasteiger partial charge in [0.05, 0.1) is 11.9 Å². The van der Waals surface area contributed by atoms with E-state index in [2.05, 4.69) is 10.4 Å². The van der Waals surface area contributed by atoms with Crippen LogP contribution in [0.1, 0.15) is 24.8 Å². The molecule has 1 unspecified atom stereocenters. The topological polar surface area (TPSA) is 72.9 Å². The summed E-state index contributed by atoms with van der Waals surface area (Å²) in [4.78, 5) is 11.9. The summed E-state index contributed by atoms with van der Waals surface area (Å²) in [6, 6.07) is 7.62. The number of carbonyl (C=O) groups excluding carboxylic acids is 1. The molecule has 1 aromatic carbocycles. The number of benzene rings is 1. The van der Waals surface area contributed by atoms with Crippen molar-refractivity contribution in [2.24, 2.45) is 7.05 Å². The Morgan fingerprint density at radius 1 is 1.42 bits per heavy atom. The molecule has 1 amide bonds. The van der Waals surface area contributed by atoms with Crippen molar-refractivity contribution in [3.05, 3.63) is 42.2 Å². The first-order valence-electron chi connectivity index (χ1n) is 6.18. The van der Waals surface area contributed by atoms with Crippen molar-refractivity contribution in [3.8, 4) is 0 Å². The van der Waals surface area contributed by atoms with Gasteiger partial charge in [-0.25, -0.2) is 0 Å². The van der Waals surface area contributed by atoms with Crippen molar-refractivity contribution in [2.45, 2.75) is 19.3 Å². The van der Waals surface area contributed by atoms with Crippen LogP contribution in [0.5, 0.6) is 0 Å². The standard InChI is InChI=1S/C14H18N4O/c1-10(11-3-5-12(15)6-4-11)7-14(19)17-13-8-16-18(2)9-13/h3-6,8-10H,7,15H2,1-2H3,(H,17,19). The van der Waals surface area contributed by atoms with Gasteiger partial charge < -0.3 is 11.1 Å². The number of hydrogen-bond donors (Lipinski definition) is 2. The predicted molar refractivity (Wildman–Crippen MR) is 75.7 cm³/mol. The number of carbonyl (C=O) groups is 1.